The molecule has 0 heterocycles. The third-order valence-electron chi connectivity index (χ3n) is 5.64. The summed E-state index contributed by atoms with van der Waals surface area (Å²) in [6.07, 6.45) is 0.905. The average Bonchev–Trinajstić information content (AvgIpc) is 2.91. The Labute approximate surface area is 223 Å². The number of rotatable bonds is 19. The van der Waals surface area contributed by atoms with E-state index >= 15 is 0 Å². The van der Waals surface area contributed by atoms with Crippen LogP contribution >= 0.6 is 0 Å². The Morgan fingerprint density at radius 1 is 0.974 bits per heavy atom. The molecule has 2 rings (SSSR count). The number of unbranched alkanes of at least 4 members (excludes halogenated alkanes) is 1. The maximum absolute atomic E-state index is 13.0. The summed E-state index contributed by atoms with van der Waals surface area (Å²) in [4.78, 5) is 25.6. The van der Waals surface area contributed by atoms with Gasteiger partial charge in [-0.05, 0) is 55.2 Å². The molecule has 0 bridgehead atoms. The molecule has 0 fully saturated rings. The predicted molar refractivity (Wildman–Crippen MR) is 141 cm³/mol. The topological polar surface area (TPSA) is 107 Å². The van der Waals surface area contributed by atoms with Crippen LogP contribution < -0.4 is 10.1 Å². The van der Waals surface area contributed by atoms with Crippen molar-refractivity contribution in [2.45, 2.75) is 38.9 Å². The summed E-state index contributed by atoms with van der Waals surface area (Å²) in [7, 11) is 1.58. The SMILES string of the molecule is CCOC(Cc1ccc(OCCN(CCCCOCc2ccc(F)cc2)C(=O)NCCOC)cc1)C(=O)O. The zero-order valence-electron chi connectivity index (χ0n) is 22.2. The lowest BCUT2D eigenvalue weighted by Crippen LogP contribution is -2.43. The van der Waals surface area contributed by atoms with E-state index in [9.17, 15) is 19.1 Å². The maximum Gasteiger partial charge on any atom is 0.333 e. The first-order valence-electron chi connectivity index (χ1n) is 12.8. The number of hydrogen-bond acceptors (Lipinski definition) is 6. The van der Waals surface area contributed by atoms with Crippen molar-refractivity contribution in [3.05, 3.63) is 65.5 Å². The molecule has 1 atom stereocenters. The molecule has 0 aromatic heterocycles. The minimum atomic E-state index is -0.990. The second kappa shape index (κ2) is 18.1. The molecular weight excluding hydrogens is 495 g/mol. The molecule has 0 aliphatic heterocycles. The lowest BCUT2D eigenvalue weighted by Gasteiger charge is -2.23. The normalized spacial score (nSPS) is 11.7. The van der Waals surface area contributed by atoms with E-state index in [0.29, 0.717) is 58.4 Å². The zero-order valence-corrected chi connectivity index (χ0v) is 22.2. The zero-order chi connectivity index (χ0) is 27.6. The second-order valence-corrected chi connectivity index (χ2v) is 8.58. The van der Waals surface area contributed by atoms with E-state index in [2.05, 4.69) is 5.32 Å². The van der Waals surface area contributed by atoms with Gasteiger partial charge in [-0.2, -0.15) is 0 Å². The third-order valence-corrected chi connectivity index (χ3v) is 5.64. The van der Waals surface area contributed by atoms with Crippen molar-refractivity contribution in [2.75, 3.05) is 53.2 Å². The number of amides is 2. The van der Waals surface area contributed by atoms with E-state index in [-0.39, 0.29) is 18.3 Å². The van der Waals surface area contributed by atoms with Gasteiger partial charge in [0.1, 0.15) is 18.2 Å². The van der Waals surface area contributed by atoms with Gasteiger partial charge < -0.3 is 34.3 Å². The van der Waals surface area contributed by atoms with Gasteiger partial charge in [0.05, 0.1) is 19.8 Å². The molecule has 2 aromatic rings. The number of carbonyl (C=O) groups excluding carboxylic acids is 1. The number of urea groups is 1. The van der Waals surface area contributed by atoms with E-state index in [4.69, 9.17) is 18.9 Å². The molecule has 210 valence electrons. The highest BCUT2D eigenvalue weighted by atomic mass is 19.1. The van der Waals surface area contributed by atoms with Crippen LogP contribution in [-0.2, 0) is 32.0 Å². The summed E-state index contributed by atoms with van der Waals surface area (Å²) in [5.74, 6) is -0.633. The van der Waals surface area contributed by atoms with Gasteiger partial charge >= 0.3 is 12.0 Å². The number of carbonyl (C=O) groups is 2. The van der Waals surface area contributed by atoms with Crippen LogP contribution in [-0.4, -0.2) is 81.3 Å². The Hall–Kier alpha value is -3.21. The first-order chi connectivity index (χ1) is 18.4. The largest absolute Gasteiger partial charge is 0.492 e. The molecule has 0 aliphatic carbocycles. The smallest absolute Gasteiger partial charge is 0.333 e. The fourth-order valence-corrected chi connectivity index (χ4v) is 3.59. The summed E-state index contributed by atoms with van der Waals surface area (Å²) in [6, 6.07) is 13.2. The highest BCUT2D eigenvalue weighted by Gasteiger charge is 2.18. The lowest BCUT2D eigenvalue weighted by molar-refractivity contribution is -0.149. The molecule has 2 amide bonds. The van der Waals surface area contributed by atoms with Gasteiger partial charge in [0.2, 0.25) is 0 Å². The third kappa shape index (κ3) is 12.4. The molecule has 1 unspecified atom stereocenters. The van der Waals surface area contributed by atoms with Crippen LogP contribution in [0.1, 0.15) is 30.9 Å². The molecule has 38 heavy (non-hydrogen) atoms. The molecule has 0 saturated heterocycles. The number of nitrogens with one attached hydrogen (secondary N) is 1. The second-order valence-electron chi connectivity index (χ2n) is 8.58. The van der Waals surface area contributed by atoms with Crippen molar-refractivity contribution in [3.8, 4) is 5.75 Å². The van der Waals surface area contributed by atoms with Crippen LogP contribution in [0.25, 0.3) is 0 Å². The number of nitrogens with zero attached hydrogens (tertiary/aromatic N) is 1. The molecule has 9 nitrogen and oxygen atoms in total. The number of carboxylic acids is 1. The van der Waals surface area contributed by atoms with Crippen LogP contribution in [0.3, 0.4) is 0 Å². The van der Waals surface area contributed by atoms with Gasteiger partial charge in [-0.1, -0.05) is 24.3 Å². The predicted octanol–water partition coefficient (Wildman–Crippen LogP) is 3.89. The number of halogens is 1. The first kappa shape index (κ1) is 31.0. The summed E-state index contributed by atoms with van der Waals surface area (Å²) in [5, 5.41) is 12.1. The summed E-state index contributed by atoms with van der Waals surface area (Å²) < 4.78 is 34.7. The molecular formula is C28H39FN2O7. The standard InChI is InChI=1S/C28H39FN2O7/c1-3-37-26(27(32)33)20-22-8-12-25(13-9-22)38-19-16-31(28(34)30-14-18-35-2)15-4-5-17-36-21-23-6-10-24(29)11-7-23/h6-13,26H,3-5,14-21H2,1-2H3,(H,30,34)(H,32,33). The minimum Gasteiger partial charge on any atom is -0.492 e. The summed E-state index contributed by atoms with van der Waals surface area (Å²) >= 11 is 0. The average molecular weight is 535 g/mol. The summed E-state index contributed by atoms with van der Waals surface area (Å²) in [5.41, 5.74) is 1.74. The van der Waals surface area contributed by atoms with Crippen molar-refractivity contribution in [3.63, 3.8) is 0 Å². The van der Waals surface area contributed by atoms with E-state index in [0.717, 1.165) is 24.0 Å². The van der Waals surface area contributed by atoms with Crippen molar-refractivity contribution < 1.29 is 38.0 Å². The van der Waals surface area contributed by atoms with Crippen molar-refractivity contribution in [1.29, 1.82) is 0 Å². The van der Waals surface area contributed by atoms with Gasteiger partial charge in [-0.3, -0.25) is 0 Å². The van der Waals surface area contributed by atoms with Gasteiger partial charge in [0, 0.05) is 39.8 Å². The van der Waals surface area contributed by atoms with Crippen molar-refractivity contribution >= 4 is 12.0 Å². The minimum absolute atomic E-state index is 0.191. The number of methoxy groups -OCH3 is 1. The highest BCUT2D eigenvalue weighted by Crippen LogP contribution is 2.15. The van der Waals surface area contributed by atoms with Crippen molar-refractivity contribution in [1.82, 2.24) is 10.2 Å². The number of benzene rings is 2. The molecule has 0 spiro atoms. The van der Waals surface area contributed by atoms with Gasteiger partial charge in [0.25, 0.3) is 0 Å². The van der Waals surface area contributed by atoms with E-state index in [1.807, 2.05) is 12.1 Å². The molecule has 0 aliphatic rings. The fraction of sp³-hybridized carbons (Fsp3) is 0.500. The van der Waals surface area contributed by atoms with Crippen LogP contribution in [0.4, 0.5) is 9.18 Å². The number of aliphatic carboxylic acids is 1. The molecule has 0 saturated carbocycles. The number of carboxylic acid groups (broad SMARTS) is 1. The molecule has 2 aromatic carbocycles. The Bertz CT molecular complexity index is 941. The van der Waals surface area contributed by atoms with Gasteiger partial charge in [-0.25, -0.2) is 14.0 Å². The quantitative estimate of drug-likeness (QED) is 0.263. The maximum atomic E-state index is 13.0. The Balaban J connectivity index is 1.77. The van der Waals surface area contributed by atoms with Crippen molar-refractivity contribution in [2.24, 2.45) is 0 Å². The number of hydrogen-bond donors (Lipinski definition) is 2. The van der Waals surface area contributed by atoms with Gasteiger partial charge in [0.15, 0.2) is 6.10 Å². The molecule has 10 heteroatoms. The van der Waals surface area contributed by atoms with Crippen LogP contribution in [0.15, 0.2) is 48.5 Å². The Morgan fingerprint density at radius 2 is 1.68 bits per heavy atom. The highest BCUT2D eigenvalue weighted by molar-refractivity contribution is 5.74. The van der Waals surface area contributed by atoms with Crippen LogP contribution in [0, 0.1) is 5.82 Å². The molecule has 2 N–H and O–H groups in total. The number of ether oxygens (including phenoxy) is 4. The van der Waals surface area contributed by atoms with E-state index < -0.39 is 12.1 Å². The lowest BCUT2D eigenvalue weighted by atomic mass is 10.1. The fourth-order valence-electron chi connectivity index (χ4n) is 3.59. The summed E-state index contributed by atoms with van der Waals surface area (Å²) in [6.45, 7) is 5.10. The van der Waals surface area contributed by atoms with E-state index in [1.54, 1.807) is 43.2 Å². The van der Waals surface area contributed by atoms with Crippen LogP contribution in [0.5, 0.6) is 5.75 Å². The Morgan fingerprint density at radius 3 is 2.34 bits per heavy atom. The Kier molecular flexibility index (Phi) is 14.8. The van der Waals surface area contributed by atoms with Crippen LogP contribution in [0.2, 0.25) is 0 Å². The van der Waals surface area contributed by atoms with Gasteiger partial charge in [-0.15, -0.1) is 0 Å². The molecule has 0 radical (unpaired) electrons. The monoisotopic (exact) mass is 534 g/mol. The van der Waals surface area contributed by atoms with E-state index in [1.165, 1.54) is 12.1 Å². The first-order valence-corrected chi connectivity index (χ1v) is 12.8.